The molecule has 3 unspecified atom stereocenters. The van der Waals surface area contributed by atoms with Crippen molar-refractivity contribution in [2.75, 3.05) is 12.4 Å². The number of aromatic nitrogens is 3. The predicted molar refractivity (Wildman–Crippen MR) is 136 cm³/mol. The second kappa shape index (κ2) is 10.7. The van der Waals surface area contributed by atoms with Crippen LogP contribution in [0.4, 0.5) is 5.82 Å². The number of amides is 1. The second-order valence-corrected chi connectivity index (χ2v) is 9.64. The summed E-state index contributed by atoms with van der Waals surface area (Å²) in [4.78, 5) is 42.1. The molecule has 1 aromatic carbocycles. The summed E-state index contributed by atoms with van der Waals surface area (Å²) in [6.07, 6.45) is 4.78. The van der Waals surface area contributed by atoms with Gasteiger partial charge in [-0.15, -0.1) is 0 Å². The van der Waals surface area contributed by atoms with Crippen LogP contribution in [0.3, 0.4) is 0 Å². The summed E-state index contributed by atoms with van der Waals surface area (Å²) >= 11 is 11.6. The minimum absolute atomic E-state index is 0.0129. The lowest BCUT2D eigenvalue weighted by Gasteiger charge is -2.27. The fourth-order valence-corrected chi connectivity index (χ4v) is 5.44. The van der Waals surface area contributed by atoms with Gasteiger partial charge in [0.15, 0.2) is 5.78 Å². The Morgan fingerprint density at radius 1 is 1.20 bits per heavy atom. The van der Waals surface area contributed by atoms with Crippen LogP contribution in [0.5, 0.6) is 0 Å². The van der Waals surface area contributed by atoms with Crippen LogP contribution in [-0.4, -0.2) is 56.8 Å². The van der Waals surface area contributed by atoms with E-state index in [1.165, 1.54) is 6.92 Å². The maximum Gasteiger partial charge on any atom is 0.245 e. The Bertz CT molecular complexity index is 1260. The van der Waals surface area contributed by atoms with Crippen molar-refractivity contribution in [1.82, 2.24) is 19.7 Å². The van der Waals surface area contributed by atoms with Gasteiger partial charge in [-0.3, -0.25) is 14.3 Å². The van der Waals surface area contributed by atoms with Gasteiger partial charge in [0, 0.05) is 30.4 Å². The number of pyridine rings is 1. The maximum absolute atomic E-state index is 13.0. The minimum atomic E-state index is -0.346. The van der Waals surface area contributed by atoms with Crippen molar-refractivity contribution in [2.45, 2.75) is 51.2 Å². The molecule has 3 aromatic rings. The minimum Gasteiger partial charge on any atom is -0.373 e. The number of fused-ring (bicyclic) bond motifs is 2. The van der Waals surface area contributed by atoms with E-state index in [1.807, 2.05) is 12.1 Å². The SMILES string of the molecule is CC(=O)c1nn(CC(=O)N2C(C=O)CC3CCCC32)c2ccc(Cl)cc12.CNc1cccc(Cl)n1. The first-order valence-corrected chi connectivity index (χ1v) is 12.3. The molecule has 1 aliphatic carbocycles. The molecule has 8 nitrogen and oxygen atoms in total. The fourth-order valence-electron chi connectivity index (χ4n) is 5.11. The number of benzene rings is 1. The Labute approximate surface area is 213 Å². The third kappa shape index (κ3) is 5.33. The summed E-state index contributed by atoms with van der Waals surface area (Å²) in [7, 11) is 1.80. The lowest BCUT2D eigenvalue weighted by molar-refractivity contribution is -0.137. The number of Topliss-reactive ketones (excluding diaryl/α,β-unsaturated/α-hetero) is 1. The largest absolute Gasteiger partial charge is 0.373 e. The van der Waals surface area contributed by atoms with Crippen molar-refractivity contribution < 1.29 is 14.4 Å². The van der Waals surface area contributed by atoms with Gasteiger partial charge >= 0.3 is 0 Å². The quantitative estimate of drug-likeness (QED) is 0.302. The standard InChI is InChI=1S/C19H20ClN3O3.C6H7ClN2/c1-11(25)19-15-8-13(20)5-6-17(15)22(21-19)9-18(26)23-14(10-24)7-12-3-2-4-16(12)23;1-8-6-4-2-3-5(7)9-6/h5-6,8,10,12,14,16H,2-4,7,9H2,1H3;2-4H,1H3,(H,8,9). The second-order valence-electron chi connectivity index (χ2n) is 8.82. The molecular weight excluding hydrogens is 489 g/mol. The van der Waals surface area contributed by atoms with E-state index in [1.54, 1.807) is 40.9 Å². The zero-order valence-electron chi connectivity index (χ0n) is 19.6. The molecule has 0 radical (unpaired) electrons. The highest BCUT2D eigenvalue weighted by Crippen LogP contribution is 2.40. The van der Waals surface area contributed by atoms with Gasteiger partial charge in [0.2, 0.25) is 5.91 Å². The Kier molecular flexibility index (Phi) is 7.72. The van der Waals surface area contributed by atoms with Gasteiger partial charge in [-0.1, -0.05) is 35.7 Å². The number of hydrogen-bond donors (Lipinski definition) is 1. The fraction of sp³-hybridized carbons (Fsp3) is 0.400. The van der Waals surface area contributed by atoms with Crippen LogP contribution in [0.2, 0.25) is 10.2 Å². The lowest BCUT2D eigenvalue weighted by atomic mass is 10.0. The molecule has 0 bridgehead atoms. The number of ketones is 1. The number of nitrogens with zero attached hydrogens (tertiary/aromatic N) is 4. The van der Waals surface area contributed by atoms with Crippen molar-refractivity contribution in [1.29, 1.82) is 0 Å². The average molecular weight is 516 g/mol. The lowest BCUT2D eigenvalue weighted by Crippen LogP contribution is -2.43. The molecular formula is C25H27Cl2N5O3. The molecule has 2 fully saturated rings. The van der Waals surface area contributed by atoms with Crippen molar-refractivity contribution in [3.05, 3.63) is 52.3 Å². The first-order valence-electron chi connectivity index (χ1n) is 11.6. The van der Waals surface area contributed by atoms with Gasteiger partial charge < -0.3 is 15.0 Å². The topological polar surface area (TPSA) is 97.2 Å². The van der Waals surface area contributed by atoms with Crippen LogP contribution in [0.1, 0.15) is 43.1 Å². The van der Waals surface area contributed by atoms with Crippen LogP contribution in [0.25, 0.3) is 10.9 Å². The summed E-state index contributed by atoms with van der Waals surface area (Å²) in [5.41, 5.74) is 1.00. The van der Waals surface area contributed by atoms with Crippen LogP contribution < -0.4 is 5.32 Å². The highest BCUT2D eigenvalue weighted by atomic mass is 35.5. The Balaban J connectivity index is 0.000000271. The zero-order valence-corrected chi connectivity index (χ0v) is 21.1. The molecule has 2 aliphatic rings. The normalized spacial score (nSPS) is 20.8. The number of nitrogens with one attached hydrogen (secondary N) is 1. The van der Waals surface area contributed by atoms with E-state index in [-0.39, 0.29) is 30.3 Å². The van der Waals surface area contributed by atoms with Crippen LogP contribution in [0, 0.1) is 5.92 Å². The van der Waals surface area contributed by atoms with Crippen LogP contribution in [0.15, 0.2) is 36.4 Å². The Morgan fingerprint density at radius 3 is 2.66 bits per heavy atom. The van der Waals surface area contributed by atoms with E-state index in [9.17, 15) is 14.4 Å². The van der Waals surface area contributed by atoms with E-state index in [2.05, 4.69) is 15.4 Å². The van der Waals surface area contributed by atoms with E-state index in [4.69, 9.17) is 23.2 Å². The molecule has 5 rings (SSSR count). The number of likely N-dealkylation sites (tertiary alicyclic amines) is 1. The zero-order chi connectivity index (χ0) is 25.1. The number of hydrogen-bond acceptors (Lipinski definition) is 6. The molecule has 3 atom stereocenters. The van der Waals surface area contributed by atoms with Gasteiger partial charge in [0.05, 0.1) is 11.6 Å². The number of aldehydes is 1. The molecule has 35 heavy (non-hydrogen) atoms. The number of carbonyl (C=O) groups excluding carboxylic acids is 3. The summed E-state index contributed by atoms with van der Waals surface area (Å²) in [6, 6.07) is 10.4. The van der Waals surface area contributed by atoms with E-state index < -0.39 is 0 Å². The van der Waals surface area contributed by atoms with E-state index in [0.717, 1.165) is 37.8 Å². The monoisotopic (exact) mass is 515 g/mol. The van der Waals surface area contributed by atoms with Gasteiger partial charge in [0.1, 0.15) is 29.5 Å². The van der Waals surface area contributed by atoms with Crippen LogP contribution >= 0.6 is 23.2 Å². The van der Waals surface area contributed by atoms with Crippen molar-refractivity contribution in [3.63, 3.8) is 0 Å². The molecule has 2 aromatic heterocycles. The first-order chi connectivity index (χ1) is 16.8. The van der Waals surface area contributed by atoms with Crippen molar-refractivity contribution in [3.8, 4) is 0 Å². The number of carbonyl (C=O) groups is 3. The average Bonchev–Trinajstić information content (AvgIpc) is 3.52. The third-order valence-electron chi connectivity index (χ3n) is 6.63. The highest BCUT2D eigenvalue weighted by Gasteiger charge is 2.45. The van der Waals surface area contributed by atoms with Gasteiger partial charge in [-0.25, -0.2) is 4.98 Å². The smallest absolute Gasteiger partial charge is 0.245 e. The summed E-state index contributed by atoms with van der Waals surface area (Å²) in [5, 5.41) is 8.90. The van der Waals surface area contributed by atoms with E-state index in [0.29, 0.717) is 32.7 Å². The maximum atomic E-state index is 13.0. The molecule has 1 amide bonds. The van der Waals surface area contributed by atoms with E-state index >= 15 is 0 Å². The molecule has 1 saturated heterocycles. The van der Waals surface area contributed by atoms with Gasteiger partial charge in [0.25, 0.3) is 0 Å². The molecule has 0 spiro atoms. The first kappa shape index (κ1) is 25.1. The molecule has 1 aliphatic heterocycles. The number of rotatable bonds is 5. The molecule has 1 saturated carbocycles. The predicted octanol–water partition coefficient (Wildman–Crippen LogP) is 4.64. The molecule has 10 heteroatoms. The molecule has 1 N–H and O–H groups in total. The number of halogens is 2. The number of anilines is 1. The van der Waals surface area contributed by atoms with Gasteiger partial charge in [-0.2, -0.15) is 5.10 Å². The molecule has 184 valence electrons. The Morgan fingerprint density at radius 2 is 2.00 bits per heavy atom. The van der Waals surface area contributed by atoms with Gasteiger partial charge in [-0.05, 0) is 55.5 Å². The summed E-state index contributed by atoms with van der Waals surface area (Å²) < 4.78 is 1.55. The summed E-state index contributed by atoms with van der Waals surface area (Å²) in [6.45, 7) is 1.46. The van der Waals surface area contributed by atoms with Crippen molar-refractivity contribution in [2.24, 2.45) is 5.92 Å². The van der Waals surface area contributed by atoms with Crippen molar-refractivity contribution >= 4 is 57.9 Å². The Hall–Kier alpha value is -2.97. The molecule has 3 heterocycles. The highest BCUT2D eigenvalue weighted by molar-refractivity contribution is 6.31. The summed E-state index contributed by atoms with van der Waals surface area (Å²) in [5.74, 6) is 0.926. The van der Waals surface area contributed by atoms with Crippen LogP contribution in [-0.2, 0) is 16.1 Å². The third-order valence-corrected chi connectivity index (χ3v) is 7.07.